The van der Waals surface area contributed by atoms with Crippen LogP contribution in [0.4, 0.5) is 0 Å². The van der Waals surface area contributed by atoms with Crippen LogP contribution < -0.4 is 0 Å². The van der Waals surface area contributed by atoms with E-state index in [2.05, 4.69) is 15.2 Å². The van der Waals surface area contributed by atoms with Crippen LogP contribution in [0.3, 0.4) is 0 Å². The van der Waals surface area contributed by atoms with E-state index in [9.17, 15) is 4.79 Å². The average Bonchev–Trinajstić information content (AvgIpc) is 2.94. The lowest BCUT2D eigenvalue weighted by Crippen LogP contribution is -2.30. The Bertz CT molecular complexity index is 611. The summed E-state index contributed by atoms with van der Waals surface area (Å²) in [5.41, 5.74) is 0.899. The highest BCUT2D eigenvalue weighted by Gasteiger charge is 2.23. The second-order valence-electron chi connectivity index (χ2n) is 4.57. The van der Waals surface area contributed by atoms with Crippen molar-refractivity contribution in [2.24, 2.45) is 0 Å². The van der Waals surface area contributed by atoms with Crippen LogP contribution in [0, 0.1) is 0 Å². The summed E-state index contributed by atoms with van der Waals surface area (Å²) in [6.07, 6.45) is 0.712. The Hall–Kier alpha value is -1.88. The number of rotatable bonds is 4. The van der Waals surface area contributed by atoms with Crippen molar-refractivity contribution in [2.45, 2.75) is 26.3 Å². The van der Waals surface area contributed by atoms with Gasteiger partial charge in [-0.1, -0.05) is 36.7 Å². The van der Waals surface area contributed by atoms with Crippen LogP contribution in [0.1, 0.15) is 41.9 Å². The molecule has 20 heavy (non-hydrogen) atoms. The van der Waals surface area contributed by atoms with Crippen molar-refractivity contribution in [3.63, 3.8) is 0 Å². The molecule has 106 valence electrons. The molecule has 1 N–H and O–H groups in total. The van der Waals surface area contributed by atoms with Gasteiger partial charge in [0.2, 0.25) is 5.82 Å². The van der Waals surface area contributed by atoms with Crippen molar-refractivity contribution in [2.75, 3.05) is 7.05 Å². The van der Waals surface area contributed by atoms with Gasteiger partial charge in [-0.05, 0) is 18.6 Å². The Balaban J connectivity index is 2.20. The van der Waals surface area contributed by atoms with Crippen molar-refractivity contribution >= 4 is 17.5 Å². The molecule has 6 heteroatoms. The maximum absolute atomic E-state index is 12.3. The lowest BCUT2D eigenvalue weighted by molar-refractivity contribution is 0.0730. The zero-order valence-electron chi connectivity index (χ0n) is 11.7. The molecule has 0 saturated carbocycles. The van der Waals surface area contributed by atoms with E-state index >= 15 is 0 Å². The van der Waals surface area contributed by atoms with Crippen LogP contribution in [0.25, 0.3) is 0 Å². The lowest BCUT2D eigenvalue weighted by atomic mass is 10.1. The van der Waals surface area contributed by atoms with E-state index in [0.29, 0.717) is 17.3 Å². The Morgan fingerprint density at radius 1 is 1.45 bits per heavy atom. The SMILES string of the molecule is CCc1nc(C(=O)N(C)C(C)c2ccccc2Cl)n[nH]1. The molecule has 1 aromatic carbocycles. The molecular weight excluding hydrogens is 276 g/mol. The first-order valence-electron chi connectivity index (χ1n) is 6.47. The topological polar surface area (TPSA) is 61.9 Å². The van der Waals surface area contributed by atoms with Crippen LogP contribution in [0.15, 0.2) is 24.3 Å². The summed E-state index contributed by atoms with van der Waals surface area (Å²) in [7, 11) is 1.72. The minimum absolute atomic E-state index is 0.153. The van der Waals surface area contributed by atoms with Crippen LogP contribution in [0.2, 0.25) is 5.02 Å². The van der Waals surface area contributed by atoms with Gasteiger partial charge in [0.25, 0.3) is 5.91 Å². The van der Waals surface area contributed by atoms with Gasteiger partial charge in [0.05, 0.1) is 6.04 Å². The highest BCUT2D eigenvalue weighted by molar-refractivity contribution is 6.31. The van der Waals surface area contributed by atoms with Crippen LogP contribution in [-0.4, -0.2) is 33.0 Å². The summed E-state index contributed by atoms with van der Waals surface area (Å²) < 4.78 is 0. The van der Waals surface area contributed by atoms with Crippen molar-refractivity contribution in [3.8, 4) is 0 Å². The fourth-order valence-corrected chi connectivity index (χ4v) is 2.20. The van der Waals surface area contributed by atoms with E-state index < -0.39 is 0 Å². The molecule has 0 aliphatic rings. The van der Waals surface area contributed by atoms with Gasteiger partial charge in [0.15, 0.2) is 0 Å². The van der Waals surface area contributed by atoms with Crippen LogP contribution in [-0.2, 0) is 6.42 Å². The molecule has 1 unspecified atom stereocenters. The number of halogens is 1. The molecule has 0 radical (unpaired) electrons. The van der Waals surface area contributed by atoms with Crippen molar-refractivity contribution < 1.29 is 4.79 Å². The number of nitrogens with one attached hydrogen (secondary N) is 1. The average molecular weight is 293 g/mol. The molecule has 1 heterocycles. The minimum atomic E-state index is -0.228. The number of benzene rings is 1. The number of aromatic amines is 1. The van der Waals surface area contributed by atoms with Crippen molar-refractivity contribution in [3.05, 3.63) is 46.5 Å². The third kappa shape index (κ3) is 2.82. The number of hydrogen-bond acceptors (Lipinski definition) is 3. The zero-order valence-corrected chi connectivity index (χ0v) is 12.5. The van der Waals surface area contributed by atoms with Gasteiger partial charge < -0.3 is 4.90 Å². The number of nitrogens with zero attached hydrogens (tertiary/aromatic N) is 3. The van der Waals surface area contributed by atoms with Gasteiger partial charge >= 0.3 is 0 Å². The van der Waals surface area contributed by atoms with Crippen LogP contribution >= 0.6 is 11.6 Å². The van der Waals surface area contributed by atoms with Gasteiger partial charge in [-0.15, -0.1) is 5.10 Å². The highest BCUT2D eigenvalue weighted by Crippen LogP contribution is 2.26. The summed E-state index contributed by atoms with van der Waals surface area (Å²) >= 11 is 6.17. The summed E-state index contributed by atoms with van der Waals surface area (Å²) in [5, 5.41) is 7.34. The Labute approximate surface area is 123 Å². The maximum Gasteiger partial charge on any atom is 0.293 e. The van der Waals surface area contributed by atoms with E-state index in [0.717, 1.165) is 5.56 Å². The molecule has 2 aromatic rings. The van der Waals surface area contributed by atoms with Crippen molar-refractivity contribution in [1.29, 1.82) is 0 Å². The normalized spacial score (nSPS) is 12.2. The third-order valence-corrected chi connectivity index (χ3v) is 3.66. The first-order valence-corrected chi connectivity index (χ1v) is 6.85. The van der Waals surface area contributed by atoms with Gasteiger partial charge in [0, 0.05) is 18.5 Å². The summed E-state index contributed by atoms with van der Waals surface area (Å²) in [4.78, 5) is 18.1. The first kappa shape index (κ1) is 14.5. The molecule has 1 amide bonds. The third-order valence-electron chi connectivity index (χ3n) is 3.31. The summed E-state index contributed by atoms with van der Waals surface area (Å²) in [6, 6.07) is 7.33. The number of amides is 1. The number of aryl methyl sites for hydroxylation is 1. The highest BCUT2D eigenvalue weighted by atomic mass is 35.5. The molecule has 0 aliphatic carbocycles. The second kappa shape index (κ2) is 6.05. The molecule has 0 aliphatic heterocycles. The summed E-state index contributed by atoms with van der Waals surface area (Å²) in [6.45, 7) is 3.87. The van der Waals surface area contributed by atoms with Gasteiger partial charge in [-0.2, -0.15) is 0 Å². The number of aromatic nitrogens is 3. The predicted molar refractivity (Wildman–Crippen MR) is 77.7 cm³/mol. The number of carbonyl (C=O) groups is 1. The number of hydrogen-bond donors (Lipinski definition) is 1. The number of carbonyl (C=O) groups excluding carboxylic acids is 1. The standard InChI is InChI=1S/C14H17ClN4O/c1-4-12-16-13(18-17-12)14(20)19(3)9(2)10-7-5-6-8-11(10)15/h5-9H,4H2,1-3H3,(H,16,17,18). The van der Waals surface area contributed by atoms with E-state index in [1.807, 2.05) is 38.1 Å². The smallest absolute Gasteiger partial charge is 0.293 e. The molecule has 0 spiro atoms. The van der Waals surface area contributed by atoms with E-state index in [1.165, 1.54) is 0 Å². The van der Waals surface area contributed by atoms with Crippen LogP contribution in [0.5, 0.6) is 0 Å². The fourth-order valence-electron chi connectivity index (χ4n) is 1.91. The van der Waals surface area contributed by atoms with Gasteiger partial charge in [-0.3, -0.25) is 9.89 Å². The molecule has 5 nitrogen and oxygen atoms in total. The van der Waals surface area contributed by atoms with E-state index in [4.69, 9.17) is 11.6 Å². The zero-order chi connectivity index (χ0) is 14.7. The van der Waals surface area contributed by atoms with Gasteiger partial charge in [-0.25, -0.2) is 4.98 Å². The largest absolute Gasteiger partial charge is 0.332 e. The van der Waals surface area contributed by atoms with Crippen molar-refractivity contribution in [1.82, 2.24) is 20.1 Å². The molecule has 2 rings (SSSR count). The molecule has 1 aromatic heterocycles. The number of H-pyrrole nitrogens is 1. The molecular formula is C14H17ClN4O. The Morgan fingerprint density at radius 2 is 2.15 bits per heavy atom. The Morgan fingerprint density at radius 3 is 2.75 bits per heavy atom. The monoisotopic (exact) mass is 292 g/mol. The minimum Gasteiger partial charge on any atom is -0.332 e. The Kier molecular flexibility index (Phi) is 4.39. The quantitative estimate of drug-likeness (QED) is 0.942. The molecule has 0 fully saturated rings. The lowest BCUT2D eigenvalue weighted by Gasteiger charge is -2.24. The first-order chi connectivity index (χ1) is 9.54. The molecule has 0 bridgehead atoms. The van der Waals surface area contributed by atoms with E-state index in [1.54, 1.807) is 11.9 Å². The van der Waals surface area contributed by atoms with Gasteiger partial charge in [0.1, 0.15) is 5.82 Å². The maximum atomic E-state index is 12.3. The fraction of sp³-hybridized carbons (Fsp3) is 0.357. The molecule has 0 saturated heterocycles. The van der Waals surface area contributed by atoms with E-state index in [-0.39, 0.29) is 17.8 Å². The predicted octanol–water partition coefficient (Wildman–Crippen LogP) is 2.85. The second-order valence-corrected chi connectivity index (χ2v) is 4.98. The summed E-state index contributed by atoms with van der Waals surface area (Å²) in [5.74, 6) is 0.656. The molecule has 1 atom stereocenters.